The van der Waals surface area contributed by atoms with Gasteiger partial charge in [-0.2, -0.15) is 0 Å². The van der Waals surface area contributed by atoms with Gasteiger partial charge in [-0.05, 0) is 50.1 Å². The lowest BCUT2D eigenvalue weighted by Crippen LogP contribution is -2.32. The van der Waals surface area contributed by atoms with Crippen molar-refractivity contribution in [2.75, 3.05) is 32.7 Å². The SMILES string of the molecule is COc1ccc(S[C@H](C)C(=O)Nc2ccccc2C(=O)NC[C@@H]2CCCO2)cc1OC. The van der Waals surface area contributed by atoms with Crippen molar-refractivity contribution in [2.45, 2.75) is 36.0 Å². The number of nitrogens with one attached hydrogen (secondary N) is 2. The van der Waals surface area contributed by atoms with Gasteiger partial charge in [-0.1, -0.05) is 12.1 Å². The van der Waals surface area contributed by atoms with E-state index < -0.39 is 0 Å². The van der Waals surface area contributed by atoms with Gasteiger partial charge in [0, 0.05) is 18.0 Å². The summed E-state index contributed by atoms with van der Waals surface area (Å²) in [6.07, 6.45) is 2.02. The maximum absolute atomic E-state index is 12.8. The molecular formula is C23H28N2O5S. The molecule has 1 aliphatic rings. The van der Waals surface area contributed by atoms with Crippen LogP contribution in [0.15, 0.2) is 47.4 Å². The van der Waals surface area contributed by atoms with Crippen LogP contribution in [0.25, 0.3) is 0 Å². The molecule has 0 unspecified atom stereocenters. The molecular weight excluding hydrogens is 416 g/mol. The van der Waals surface area contributed by atoms with Gasteiger partial charge in [-0.15, -0.1) is 11.8 Å². The van der Waals surface area contributed by atoms with Crippen LogP contribution in [0.4, 0.5) is 5.69 Å². The van der Waals surface area contributed by atoms with E-state index in [1.165, 1.54) is 11.8 Å². The minimum absolute atomic E-state index is 0.0589. The van der Waals surface area contributed by atoms with Crippen molar-refractivity contribution in [3.8, 4) is 11.5 Å². The van der Waals surface area contributed by atoms with E-state index in [1.54, 1.807) is 44.6 Å². The van der Waals surface area contributed by atoms with Crippen LogP contribution in [0.3, 0.4) is 0 Å². The van der Waals surface area contributed by atoms with Crippen molar-refractivity contribution in [3.05, 3.63) is 48.0 Å². The predicted molar refractivity (Wildman–Crippen MR) is 121 cm³/mol. The van der Waals surface area contributed by atoms with Gasteiger partial charge in [0.2, 0.25) is 5.91 Å². The zero-order chi connectivity index (χ0) is 22.2. The minimum Gasteiger partial charge on any atom is -0.493 e. The fraction of sp³-hybridized carbons (Fsp3) is 0.391. The molecule has 8 heteroatoms. The Hall–Kier alpha value is -2.71. The first-order valence-corrected chi connectivity index (χ1v) is 11.1. The quantitative estimate of drug-likeness (QED) is 0.573. The zero-order valence-corrected chi connectivity index (χ0v) is 18.8. The van der Waals surface area contributed by atoms with Crippen LogP contribution in [0.5, 0.6) is 11.5 Å². The number of para-hydroxylation sites is 1. The number of methoxy groups -OCH3 is 2. The van der Waals surface area contributed by atoms with E-state index in [2.05, 4.69) is 10.6 Å². The standard InChI is InChI=1S/C23H28N2O5S/c1-15(31-17-10-11-20(28-2)21(13-17)29-3)22(26)25-19-9-5-4-8-18(19)23(27)24-14-16-7-6-12-30-16/h4-5,8-11,13,15-16H,6-7,12,14H2,1-3H3,(H,24,27)(H,25,26)/t15-,16+/m1/s1. The van der Waals surface area contributed by atoms with E-state index >= 15 is 0 Å². The number of thioether (sulfide) groups is 1. The Balaban J connectivity index is 1.62. The van der Waals surface area contributed by atoms with Crippen molar-refractivity contribution >= 4 is 29.3 Å². The Morgan fingerprint density at radius 2 is 1.94 bits per heavy atom. The highest BCUT2D eigenvalue weighted by Gasteiger charge is 2.20. The molecule has 0 aromatic heterocycles. The highest BCUT2D eigenvalue weighted by Crippen LogP contribution is 2.33. The van der Waals surface area contributed by atoms with Gasteiger partial charge in [-0.25, -0.2) is 0 Å². The Bertz CT molecular complexity index is 915. The molecule has 3 rings (SSSR count). The van der Waals surface area contributed by atoms with E-state index in [0.29, 0.717) is 29.3 Å². The number of hydrogen-bond acceptors (Lipinski definition) is 6. The van der Waals surface area contributed by atoms with Crippen LogP contribution in [0, 0.1) is 0 Å². The molecule has 2 N–H and O–H groups in total. The fourth-order valence-corrected chi connectivity index (χ4v) is 4.17. The smallest absolute Gasteiger partial charge is 0.253 e. The highest BCUT2D eigenvalue weighted by molar-refractivity contribution is 8.00. The first kappa shape index (κ1) is 23.0. The summed E-state index contributed by atoms with van der Waals surface area (Å²) < 4.78 is 16.1. The lowest BCUT2D eigenvalue weighted by Gasteiger charge is -2.16. The number of anilines is 1. The third kappa shape index (κ3) is 6.15. The van der Waals surface area contributed by atoms with Crippen molar-refractivity contribution in [1.29, 1.82) is 0 Å². The highest BCUT2D eigenvalue weighted by atomic mass is 32.2. The van der Waals surface area contributed by atoms with Crippen molar-refractivity contribution in [2.24, 2.45) is 0 Å². The molecule has 0 bridgehead atoms. The van der Waals surface area contributed by atoms with Gasteiger partial charge >= 0.3 is 0 Å². The lowest BCUT2D eigenvalue weighted by atomic mass is 10.1. The topological polar surface area (TPSA) is 85.9 Å². The average molecular weight is 445 g/mol. The van der Waals surface area contributed by atoms with Gasteiger partial charge in [0.25, 0.3) is 5.91 Å². The Morgan fingerprint density at radius 3 is 2.65 bits per heavy atom. The normalized spacial score (nSPS) is 16.4. The van der Waals surface area contributed by atoms with Crippen molar-refractivity contribution in [1.82, 2.24) is 5.32 Å². The van der Waals surface area contributed by atoms with Gasteiger partial charge in [0.1, 0.15) is 0 Å². The molecule has 0 spiro atoms. The molecule has 31 heavy (non-hydrogen) atoms. The average Bonchev–Trinajstić information content (AvgIpc) is 3.31. The molecule has 0 radical (unpaired) electrons. The number of ether oxygens (including phenoxy) is 3. The summed E-state index contributed by atoms with van der Waals surface area (Å²) in [5.74, 6) is 0.811. The minimum atomic E-state index is -0.388. The molecule has 1 fully saturated rings. The van der Waals surface area contributed by atoms with E-state index in [9.17, 15) is 9.59 Å². The second kappa shape index (κ2) is 11.1. The summed E-state index contributed by atoms with van der Waals surface area (Å²) in [6, 6.07) is 12.5. The van der Waals surface area contributed by atoms with Crippen LogP contribution >= 0.6 is 11.8 Å². The number of amides is 2. The molecule has 166 valence electrons. The third-order valence-corrected chi connectivity index (χ3v) is 6.07. The van der Waals surface area contributed by atoms with Gasteiger partial charge in [0.05, 0.1) is 36.8 Å². The van der Waals surface area contributed by atoms with Gasteiger partial charge in [0.15, 0.2) is 11.5 Å². The molecule has 1 aliphatic heterocycles. The molecule has 0 saturated carbocycles. The zero-order valence-electron chi connectivity index (χ0n) is 18.0. The summed E-state index contributed by atoms with van der Waals surface area (Å²) in [5.41, 5.74) is 0.911. The molecule has 2 amide bonds. The van der Waals surface area contributed by atoms with Crippen molar-refractivity contribution in [3.63, 3.8) is 0 Å². The molecule has 0 aliphatic carbocycles. The van der Waals surface area contributed by atoms with Crippen molar-refractivity contribution < 1.29 is 23.8 Å². The largest absolute Gasteiger partial charge is 0.493 e. The third-order valence-electron chi connectivity index (χ3n) is 4.98. The molecule has 2 aromatic rings. The first-order valence-electron chi connectivity index (χ1n) is 10.2. The summed E-state index contributed by atoms with van der Waals surface area (Å²) in [6.45, 7) is 3.02. The maximum atomic E-state index is 12.8. The van der Waals surface area contributed by atoms with Gasteiger partial charge < -0.3 is 24.8 Å². The van der Waals surface area contributed by atoms with Crippen LogP contribution in [0.1, 0.15) is 30.1 Å². The predicted octanol–water partition coefficient (Wildman–Crippen LogP) is 3.73. The molecule has 2 aromatic carbocycles. The summed E-state index contributed by atoms with van der Waals surface area (Å²) in [5, 5.41) is 5.40. The summed E-state index contributed by atoms with van der Waals surface area (Å²) in [4.78, 5) is 26.3. The second-order valence-electron chi connectivity index (χ2n) is 7.16. The van der Waals surface area contributed by atoms with Crippen LogP contribution in [-0.4, -0.2) is 50.5 Å². The second-order valence-corrected chi connectivity index (χ2v) is 8.57. The van der Waals surface area contributed by atoms with Crippen LogP contribution < -0.4 is 20.1 Å². The summed E-state index contributed by atoms with van der Waals surface area (Å²) in [7, 11) is 3.15. The van der Waals surface area contributed by atoms with E-state index in [-0.39, 0.29) is 23.2 Å². The van der Waals surface area contributed by atoms with E-state index in [1.807, 2.05) is 19.1 Å². The lowest BCUT2D eigenvalue weighted by molar-refractivity contribution is -0.115. The maximum Gasteiger partial charge on any atom is 0.253 e. The summed E-state index contributed by atoms with van der Waals surface area (Å²) >= 11 is 1.40. The molecule has 1 heterocycles. The number of carbonyl (C=O) groups is 2. The Morgan fingerprint density at radius 1 is 1.16 bits per heavy atom. The fourth-order valence-electron chi connectivity index (χ4n) is 3.28. The first-order chi connectivity index (χ1) is 15.0. The van der Waals surface area contributed by atoms with Crippen LogP contribution in [-0.2, 0) is 9.53 Å². The number of rotatable bonds is 9. The monoisotopic (exact) mass is 444 g/mol. The number of hydrogen-bond donors (Lipinski definition) is 2. The molecule has 7 nitrogen and oxygen atoms in total. The number of benzene rings is 2. The van der Waals surface area contributed by atoms with E-state index in [4.69, 9.17) is 14.2 Å². The van der Waals surface area contributed by atoms with Gasteiger partial charge in [-0.3, -0.25) is 9.59 Å². The van der Waals surface area contributed by atoms with Crippen LogP contribution in [0.2, 0.25) is 0 Å². The van der Waals surface area contributed by atoms with E-state index in [0.717, 1.165) is 24.3 Å². The molecule has 1 saturated heterocycles. The Kier molecular flexibility index (Phi) is 8.20. The number of carbonyl (C=O) groups excluding carboxylic acids is 2. The molecule has 2 atom stereocenters. The Labute approximate surface area is 186 Å².